The minimum absolute atomic E-state index is 0.286. The first-order chi connectivity index (χ1) is 10.7. The van der Waals surface area contributed by atoms with Crippen LogP contribution in [0, 0.1) is 6.92 Å². The van der Waals surface area contributed by atoms with E-state index in [4.69, 9.17) is 12.2 Å². The molecule has 0 fully saturated rings. The Labute approximate surface area is 145 Å². The van der Waals surface area contributed by atoms with Crippen LogP contribution >= 0.6 is 28.1 Å². The first-order valence-corrected chi connectivity index (χ1v) is 7.63. The molecule has 2 N–H and O–H groups in total. The Morgan fingerprint density at radius 2 is 1.74 bits per heavy atom. The number of halogens is 4. The fraction of sp³-hybridized carbons (Fsp3) is 0.133. The molecular weight excluding hydrogens is 393 g/mol. The summed E-state index contributed by atoms with van der Waals surface area (Å²) in [6.45, 7) is 1.93. The van der Waals surface area contributed by atoms with Crippen molar-refractivity contribution in [1.82, 2.24) is 0 Å². The first kappa shape index (κ1) is 17.6. The molecule has 0 aliphatic carbocycles. The number of anilines is 2. The van der Waals surface area contributed by atoms with E-state index in [2.05, 4.69) is 31.3 Å². The van der Waals surface area contributed by atoms with E-state index in [9.17, 15) is 13.2 Å². The minimum Gasteiger partial charge on any atom is -0.406 e. The van der Waals surface area contributed by atoms with Gasteiger partial charge in [-0.15, -0.1) is 13.2 Å². The van der Waals surface area contributed by atoms with E-state index in [-0.39, 0.29) is 5.75 Å². The molecule has 2 aromatic rings. The maximum atomic E-state index is 12.1. The number of hydrogen-bond donors (Lipinski definition) is 2. The van der Waals surface area contributed by atoms with E-state index >= 15 is 0 Å². The lowest BCUT2D eigenvalue weighted by Gasteiger charge is -2.13. The molecule has 122 valence electrons. The van der Waals surface area contributed by atoms with Crippen LogP contribution in [0.1, 0.15) is 5.56 Å². The third kappa shape index (κ3) is 5.72. The van der Waals surface area contributed by atoms with Crippen LogP contribution in [0.3, 0.4) is 0 Å². The number of ether oxygens (including phenoxy) is 1. The number of aryl methyl sites for hydroxylation is 1. The maximum absolute atomic E-state index is 12.1. The van der Waals surface area contributed by atoms with Crippen LogP contribution in [0.4, 0.5) is 24.5 Å². The molecular formula is C15H12BrF3N2OS. The van der Waals surface area contributed by atoms with Gasteiger partial charge in [0.15, 0.2) is 5.11 Å². The molecule has 0 radical (unpaired) electrons. The van der Waals surface area contributed by atoms with E-state index in [0.29, 0.717) is 10.8 Å². The Morgan fingerprint density at radius 3 is 2.30 bits per heavy atom. The lowest BCUT2D eigenvalue weighted by molar-refractivity contribution is -0.274. The Kier molecular flexibility index (Phi) is 5.48. The van der Waals surface area contributed by atoms with E-state index in [1.807, 2.05) is 25.1 Å². The van der Waals surface area contributed by atoms with Gasteiger partial charge < -0.3 is 15.4 Å². The van der Waals surface area contributed by atoms with Crippen molar-refractivity contribution in [3.63, 3.8) is 0 Å². The third-order valence-electron chi connectivity index (χ3n) is 2.78. The molecule has 3 nitrogen and oxygen atoms in total. The highest BCUT2D eigenvalue weighted by Gasteiger charge is 2.30. The Bertz CT molecular complexity index is 705. The fourth-order valence-electron chi connectivity index (χ4n) is 1.79. The lowest BCUT2D eigenvalue weighted by atomic mass is 10.2. The summed E-state index contributed by atoms with van der Waals surface area (Å²) in [6.07, 6.45) is -4.70. The summed E-state index contributed by atoms with van der Waals surface area (Å²) in [5.41, 5.74) is 2.38. The maximum Gasteiger partial charge on any atom is 0.573 e. The van der Waals surface area contributed by atoms with Gasteiger partial charge in [-0.25, -0.2) is 0 Å². The van der Waals surface area contributed by atoms with Gasteiger partial charge in [-0.05, 0) is 67.2 Å². The Hall–Kier alpha value is -1.80. The zero-order valence-electron chi connectivity index (χ0n) is 11.9. The summed E-state index contributed by atoms with van der Waals surface area (Å²) < 4.78 is 41.0. The van der Waals surface area contributed by atoms with Crippen LogP contribution in [0.5, 0.6) is 5.75 Å². The van der Waals surface area contributed by atoms with Crippen molar-refractivity contribution in [2.24, 2.45) is 0 Å². The molecule has 0 bridgehead atoms. The molecule has 0 aliphatic rings. The smallest absolute Gasteiger partial charge is 0.406 e. The van der Waals surface area contributed by atoms with E-state index in [1.165, 1.54) is 24.3 Å². The SMILES string of the molecule is Cc1cc(Br)ccc1NC(=S)Nc1ccc(OC(F)(F)F)cc1. The summed E-state index contributed by atoms with van der Waals surface area (Å²) in [6, 6.07) is 11.0. The summed E-state index contributed by atoms with van der Waals surface area (Å²) >= 11 is 8.56. The van der Waals surface area contributed by atoms with E-state index in [1.54, 1.807) is 0 Å². The molecule has 8 heteroatoms. The molecule has 0 aromatic heterocycles. The molecule has 0 saturated heterocycles. The normalized spacial score (nSPS) is 11.0. The molecule has 23 heavy (non-hydrogen) atoms. The van der Waals surface area contributed by atoms with Gasteiger partial charge in [0, 0.05) is 15.8 Å². The predicted octanol–water partition coefficient (Wildman–Crippen LogP) is 5.47. The number of hydrogen-bond acceptors (Lipinski definition) is 2. The number of nitrogens with one attached hydrogen (secondary N) is 2. The fourth-order valence-corrected chi connectivity index (χ4v) is 2.50. The van der Waals surface area contributed by atoms with Crippen LogP contribution in [0.15, 0.2) is 46.9 Å². The van der Waals surface area contributed by atoms with E-state index < -0.39 is 6.36 Å². The van der Waals surface area contributed by atoms with Crippen molar-refractivity contribution in [2.75, 3.05) is 10.6 Å². The van der Waals surface area contributed by atoms with Crippen molar-refractivity contribution >= 4 is 44.6 Å². The van der Waals surface area contributed by atoms with Gasteiger partial charge in [0.25, 0.3) is 0 Å². The second-order valence-electron chi connectivity index (χ2n) is 4.61. The first-order valence-electron chi connectivity index (χ1n) is 6.43. The van der Waals surface area contributed by atoms with Gasteiger partial charge in [-0.1, -0.05) is 15.9 Å². The standard InChI is InChI=1S/C15H12BrF3N2OS/c1-9-8-10(16)2-7-13(9)21-14(23)20-11-3-5-12(6-4-11)22-15(17,18)19/h2-8H,1H3,(H2,20,21,23). The molecule has 0 heterocycles. The highest BCUT2D eigenvalue weighted by molar-refractivity contribution is 9.10. The second-order valence-corrected chi connectivity index (χ2v) is 5.93. The summed E-state index contributed by atoms with van der Waals surface area (Å²) in [4.78, 5) is 0. The molecule has 2 aromatic carbocycles. The zero-order valence-corrected chi connectivity index (χ0v) is 14.3. The molecule has 0 saturated carbocycles. The van der Waals surface area contributed by atoms with E-state index in [0.717, 1.165) is 15.7 Å². The van der Waals surface area contributed by atoms with Crippen LogP contribution in [-0.2, 0) is 0 Å². The monoisotopic (exact) mass is 404 g/mol. The van der Waals surface area contributed by atoms with Gasteiger partial charge in [0.05, 0.1) is 0 Å². The number of rotatable bonds is 3. The van der Waals surface area contributed by atoms with Crippen LogP contribution in [-0.4, -0.2) is 11.5 Å². The van der Waals surface area contributed by atoms with Crippen LogP contribution in [0.25, 0.3) is 0 Å². The van der Waals surface area contributed by atoms with Gasteiger partial charge in [0.2, 0.25) is 0 Å². The number of benzene rings is 2. The van der Waals surface area contributed by atoms with Crippen LogP contribution < -0.4 is 15.4 Å². The number of thiocarbonyl (C=S) groups is 1. The minimum atomic E-state index is -4.70. The molecule has 2 rings (SSSR count). The van der Waals surface area contributed by atoms with Gasteiger partial charge in [-0.2, -0.15) is 0 Å². The average Bonchev–Trinajstić information content (AvgIpc) is 2.42. The highest BCUT2D eigenvalue weighted by Crippen LogP contribution is 2.24. The van der Waals surface area contributed by atoms with Crippen molar-refractivity contribution in [3.8, 4) is 5.75 Å². The quantitative estimate of drug-likeness (QED) is 0.664. The van der Waals surface area contributed by atoms with Gasteiger partial charge >= 0.3 is 6.36 Å². The molecule has 0 spiro atoms. The van der Waals surface area contributed by atoms with Crippen LogP contribution in [0.2, 0.25) is 0 Å². The Morgan fingerprint density at radius 1 is 1.09 bits per heavy atom. The molecule has 0 unspecified atom stereocenters. The molecule has 0 amide bonds. The highest BCUT2D eigenvalue weighted by atomic mass is 79.9. The van der Waals surface area contributed by atoms with Crippen molar-refractivity contribution in [2.45, 2.75) is 13.3 Å². The summed E-state index contributed by atoms with van der Waals surface area (Å²) in [7, 11) is 0. The zero-order chi connectivity index (χ0) is 17.0. The lowest BCUT2D eigenvalue weighted by Crippen LogP contribution is -2.20. The number of alkyl halides is 3. The molecule has 0 atom stereocenters. The topological polar surface area (TPSA) is 33.3 Å². The largest absolute Gasteiger partial charge is 0.573 e. The van der Waals surface area contributed by atoms with Crippen molar-refractivity contribution in [3.05, 3.63) is 52.5 Å². The summed E-state index contributed by atoms with van der Waals surface area (Å²) in [5.74, 6) is -0.286. The van der Waals surface area contributed by atoms with Crippen molar-refractivity contribution in [1.29, 1.82) is 0 Å². The molecule has 0 aliphatic heterocycles. The second kappa shape index (κ2) is 7.18. The van der Waals surface area contributed by atoms with Gasteiger partial charge in [0.1, 0.15) is 5.75 Å². The Balaban J connectivity index is 1.97. The van der Waals surface area contributed by atoms with Gasteiger partial charge in [-0.3, -0.25) is 0 Å². The van der Waals surface area contributed by atoms with Crippen molar-refractivity contribution < 1.29 is 17.9 Å². The average molecular weight is 405 g/mol. The summed E-state index contributed by atoms with van der Waals surface area (Å²) in [5, 5.41) is 6.25. The third-order valence-corrected chi connectivity index (χ3v) is 3.48. The predicted molar refractivity (Wildman–Crippen MR) is 91.8 cm³/mol.